The Balaban J connectivity index is 2.45. The highest BCUT2D eigenvalue weighted by atomic mass is 16.5. The van der Waals surface area contributed by atoms with Crippen molar-refractivity contribution in [1.29, 1.82) is 0 Å². The van der Waals surface area contributed by atoms with Gasteiger partial charge in [-0.2, -0.15) is 4.99 Å². The molecular formula is C9H15NO2. The summed E-state index contributed by atoms with van der Waals surface area (Å²) in [7, 11) is 0. The van der Waals surface area contributed by atoms with Crippen LogP contribution in [0.25, 0.3) is 0 Å². The van der Waals surface area contributed by atoms with E-state index in [4.69, 9.17) is 4.74 Å². The van der Waals surface area contributed by atoms with Crippen molar-refractivity contribution in [2.24, 2.45) is 4.99 Å². The Morgan fingerprint density at radius 3 is 3.00 bits per heavy atom. The predicted octanol–water partition coefficient (Wildman–Crippen LogP) is 1.67. The van der Waals surface area contributed by atoms with Gasteiger partial charge in [-0.15, -0.1) is 0 Å². The molecule has 0 aliphatic carbocycles. The number of aliphatic imine (C=N–C) groups is 1. The minimum absolute atomic E-state index is 0.0304. The van der Waals surface area contributed by atoms with Crippen molar-refractivity contribution in [3.8, 4) is 0 Å². The largest absolute Gasteiger partial charge is 0.376 e. The molecule has 1 aliphatic rings. The summed E-state index contributed by atoms with van der Waals surface area (Å²) < 4.78 is 5.51. The monoisotopic (exact) mass is 169 g/mol. The van der Waals surface area contributed by atoms with Crippen LogP contribution in [0, 0.1) is 0 Å². The van der Waals surface area contributed by atoms with Crippen LogP contribution in [0.4, 0.5) is 0 Å². The zero-order chi connectivity index (χ0) is 8.81. The van der Waals surface area contributed by atoms with Gasteiger partial charge in [0, 0.05) is 6.61 Å². The van der Waals surface area contributed by atoms with Gasteiger partial charge in [0.1, 0.15) is 0 Å². The molecule has 1 aliphatic heterocycles. The quantitative estimate of drug-likeness (QED) is 0.476. The van der Waals surface area contributed by atoms with E-state index in [0.29, 0.717) is 0 Å². The third-order valence-corrected chi connectivity index (χ3v) is 2.28. The second kappa shape index (κ2) is 5.07. The molecule has 0 amide bonds. The van der Waals surface area contributed by atoms with Gasteiger partial charge >= 0.3 is 0 Å². The first-order valence-corrected chi connectivity index (χ1v) is 4.57. The minimum atomic E-state index is 0.0304. The number of ether oxygens (including phenoxy) is 1. The summed E-state index contributed by atoms with van der Waals surface area (Å²) >= 11 is 0. The van der Waals surface area contributed by atoms with E-state index in [0.717, 1.165) is 25.9 Å². The first-order valence-electron chi connectivity index (χ1n) is 4.57. The van der Waals surface area contributed by atoms with Crippen LogP contribution in [0.2, 0.25) is 0 Å². The Kier molecular flexibility index (Phi) is 3.98. The van der Waals surface area contributed by atoms with Crippen molar-refractivity contribution in [1.82, 2.24) is 0 Å². The van der Waals surface area contributed by atoms with Gasteiger partial charge in [-0.25, -0.2) is 4.79 Å². The lowest BCUT2D eigenvalue weighted by Gasteiger charge is -2.26. The van der Waals surface area contributed by atoms with Crippen LogP contribution in [0.3, 0.4) is 0 Å². The lowest BCUT2D eigenvalue weighted by Crippen LogP contribution is -2.30. The third kappa shape index (κ3) is 2.43. The number of isocyanates is 1. The molecule has 0 N–H and O–H groups in total. The topological polar surface area (TPSA) is 38.7 Å². The van der Waals surface area contributed by atoms with Crippen molar-refractivity contribution >= 4 is 6.08 Å². The molecule has 3 heteroatoms. The molecule has 0 aromatic rings. The van der Waals surface area contributed by atoms with Crippen LogP contribution < -0.4 is 0 Å². The van der Waals surface area contributed by atoms with E-state index in [-0.39, 0.29) is 12.1 Å². The maximum absolute atomic E-state index is 10.1. The molecule has 1 fully saturated rings. The second-order valence-corrected chi connectivity index (χ2v) is 3.10. The zero-order valence-corrected chi connectivity index (χ0v) is 7.45. The zero-order valence-electron chi connectivity index (χ0n) is 7.45. The molecule has 0 radical (unpaired) electrons. The van der Waals surface area contributed by atoms with Crippen molar-refractivity contribution in [3.63, 3.8) is 0 Å². The van der Waals surface area contributed by atoms with E-state index in [2.05, 4.69) is 4.99 Å². The Morgan fingerprint density at radius 1 is 1.67 bits per heavy atom. The van der Waals surface area contributed by atoms with Crippen molar-refractivity contribution in [3.05, 3.63) is 0 Å². The van der Waals surface area contributed by atoms with E-state index >= 15 is 0 Å². The van der Waals surface area contributed by atoms with Crippen LogP contribution in [-0.2, 0) is 9.53 Å². The maximum atomic E-state index is 10.1. The molecule has 1 saturated heterocycles. The van der Waals surface area contributed by atoms with E-state index in [1.165, 1.54) is 6.42 Å². The molecule has 0 saturated carbocycles. The standard InChI is InChI=1S/C9H15NO2/c1-2-8(10-7-11)9-5-3-4-6-12-9/h8-9H,2-6H2,1H3/t8-,9?/m1/s1. The van der Waals surface area contributed by atoms with Crippen LogP contribution in [0.1, 0.15) is 32.6 Å². The summed E-state index contributed by atoms with van der Waals surface area (Å²) in [6, 6.07) is 0.0304. The second-order valence-electron chi connectivity index (χ2n) is 3.10. The van der Waals surface area contributed by atoms with Crippen LogP contribution >= 0.6 is 0 Å². The molecule has 1 rings (SSSR count). The maximum Gasteiger partial charge on any atom is 0.235 e. The SMILES string of the molecule is CC[C@@H](N=C=O)C1CCCCO1. The van der Waals surface area contributed by atoms with Crippen molar-refractivity contribution in [2.75, 3.05) is 6.61 Å². The average Bonchev–Trinajstić information content (AvgIpc) is 2.15. The molecule has 68 valence electrons. The molecule has 0 spiro atoms. The van der Waals surface area contributed by atoms with Crippen LogP contribution in [0.15, 0.2) is 4.99 Å². The minimum Gasteiger partial charge on any atom is -0.376 e. The third-order valence-electron chi connectivity index (χ3n) is 2.28. The van der Waals surface area contributed by atoms with E-state index < -0.39 is 0 Å². The molecule has 1 unspecified atom stereocenters. The van der Waals surface area contributed by atoms with E-state index in [1.54, 1.807) is 6.08 Å². The summed E-state index contributed by atoms with van der Waals surface area (Å²) in [5.74, 6) is 0. The lowest BCUT2D eigenvalue weighted by molar-refractivity contribution is 0.000437. The molecule has 2 atom stereocenters. The van der Waals surface area contributed by atoms with Crippen molar-refractivity contribution < 1.29 is 9.53 Å². The van der Waals surface area contributed by atoms with Gasteiger partial charge in [-0.3, -0.25) is 0 Å². The number of hydrogen-bond acceptors (Lipinski definition) is 3. The highest BCUT2D eigenvalue weighted by Gasteiger charge is 2.22. The Hall–Kier alpha value is -0.660. The fraction of sp³-hybridized carbons (Fsp3) is 0.889. The molecule has 12 heavy (non-hydrogen) atoms. The number of carbonyl (C=O) groups excluding carboxylic acids is 1. The van der Waals surface area contributed by atoms with Crippen molar-refractivity contribution in [2.45, 2.75) is 44.8 Å². The average molecular weight is 169 g/mol. The summed E-state index contributed by atoms with van der Waals surface area (Å²) in [5.41, 5.74) is 0. The summed E-state index contributed by atoms with van der Waals surface area (Å²) in [6.45, 7) is 2.83. The fourth-order valence-electron chi connectivity index (χ4n) is 1.57. The number of rotatable bonds is 3. The van der Waals surface area contributed by atoms with Gasteiger partial charge in [0.05, 0.1) is 12.1 Å². The molecule has 0 aromatic heterocycles. The highest BCUT2D eigenvalue weighted by molar-refractivity contribution is 5.33. The Morgan fingerprint density at radius 2 is 2.50 bits per heavy atom. The predicted molar refractivity (Wildman–Crippen MR) is 45.8 cm³/mol. The molecule has 3 nitrogen and oxygen atoms in total. The first-order chi connectivity index (χ1) is 5.88. The molecular weight excluding hydrogens is 154 g/mol. The van der Waals surface area contributed by atoms with Gasteiger partial charge in [0.15, 0.2) is 0 Å². The van der Waals surface area contributed by atoms with E-state index in [1.807, 2.05) is 6.92 Å². The molecule has 1 heterocycles. The first kappa shape index (κ1) is 9.43. The number of hydrogen-bond donors (Lipinski definition) is 0. The number of nitrogens with zero attached hydrogens (tertiary/aromatic N) is 1. The Bertz CT molecular complexity index is 169. The van der Waals surface area contributed by atoms with Crippen LogP contribution in [0.5, 0.6) is 0 Å². The molecule has 0 aromatic carbocycles. The highest BCUT2D eigenvalue weighted by Crippen LogP contribution is 2.19. The van der Waals surface area contributed by atoms with Gasteiger partial charge in [0.25, 0.3) is 0 Å². The molecule has 0 bridgehead atoms. The van der Waals surface area contributed by atoms with Gasteiger partial charge in [-0.05, 0) is 25.7 Å². The van der Waals surface area contributed by atoms with E-state index in [9.17, 15) is 4.79 Å². The summed E-state index contributed by atoms with van der Waals surface area (Å²) in [5, 5.41) is 0. The lowest BCUT2D eigenvalue weighted by atomic mass is 10.0. The fourth-order valence-corrected chi connectivity index (χ4v) is 1.57. The van der Waals surface area contributed by atoms with Gasteiger partial charge in [0.2, 0.25) is 6.08 Å². The summed E-state index contributed by atoms with van der Waals surface area (Å²) in [6.07, 6.45) is 5.99. The smallest absolute Gasteiger partial charge is 0.235 e. The van der Waals surface area contributed by atoms with Gasteiger partial charge < -0.3 is 4.74 Å². The van der Waals surface area contributed by atoms with Gasteiger partial charge in [-0.1, -0.05) is 6.92 Å². The summed E-state index contributed by atoms with van der Waals surface area (Å²) in [4.78, 5) is 13.8. The van der Waals surface area contributed by atoms with Crippen LogP contribution in [-0.4, -0.2) is 24.8 Å². The normalized spacial score (nSPS) is 25.9. The Labute approximate surface area is 72.8 Å².